The Morgan fingerprint density at radius 3 is 2.06 bits per heavy atom. The molecule has 53 heavy (non-hydrogen) atoms. The molecule has 1 saturated heterocycles. The number of likely N-dealkylation sites (tertiary alicyclic amines) is 1. The molecule has 2 aromatic rings. The molecule has 4 N–H and O–H groups in total. The van der Waals surface area contributed by atoms with E-state index in [4.69, 9.17) is 19.9 Å². The highest BCUT2D eigenvalue weighted by Crippen LogP contribution is 2.32. The number of likely N-dealkylation sites (N-methyl/N-ethyl adjacent to an activating group) is 1. The van der Waals surface area contributed by atoms with Gasteiger partial charge in [-0.2, -0.15) is 0 Å². The van der Waals surface area contributed by atoms with Gasteiger partial charge >= 0.3 is 5.97 Å². The molecule has 0 bridgehead atoms. The number of amides is 4. The highest BCUT2D eigenvalue weighted by molar-refractivity contribution is 5.92. The molecule has 1 fully saturated rings. The fourth-order valence-corrected chi connectivity index (χ4v) is 6.92. The van der Waals surface area contributed by atoms with Gasteiger partial charge in [0.05, 0.1) is 49.3 Å². The highest BCUT2D eigenvalue weighted by Gasteiger charge is 2.43. The second-order valence-electron chi connectivity index (χ2n) is 14.8. The monoisotopic (exact) mass is 737 g/mol. The fourth-order valence-electron chi connectivity index (χ4n) is 6.92. The Bertz CT molecular complexity index is 1520. The number of esters is 1. The number of carbonyl (C=O) groups is 5. The molecule has 13 heteroatoms. The van der Waals surface area contributed by atoms with Crippen molar-refractivity contribution >= 4 is 29.6 Å². The van der Waals surface area contributed by atoms with Crippen molar-refractivity contribution in [3.8, 4) is 0 Å². The molecule has 0 unspecified atom stereocenters. The van der Waals surface area contributed by atoms with E-state index in [0.29, 0.717) is 19.4 Å². The first-order chi connectivity index (χ1) is 25.0. The fraction of sp³-hybridized carbons (Fsp3) is 0.575. The van der Waals surface area contributed by atoms with Gasteiger partial charge in [-0.25, -0.2) is 4.79 Å². The van der Waals surface area contributed by atoms with Crippen LogP contribution < -0.4 is 16.4 Å². The Hall–Kier alpha value is -4.33. The first-order valence-corrected chi connectivity index (χ1v) is 18.2. The molecule has 4 amide bonds. The van der Waals surface area contributed by atoms with Crippen LogP contribution in [0.5, 0.6) is 0 Å². The molecule has 7 atom stereocenters. The number of rotatable bonds is 18. The van der Waals surface area contributed by atoms with E-state index in [1.807, 2.05) is 74.5 Å². The van der Waals surface area contributed by atoms with Gasteiger partial charge in [0.15, 0.2) is 0 Å². The molecule has 1 aliphatic heterocycles. The Labute approximate surface area is 314 Å². The van der Waals surface area contributed by atoms with Gasteiger partial charge in [0.25, 0.3) is 0 Å². The normalized spacial score (nSPS) is 17.9. The summed E-state index contributed by atoms with van der Waals surface area (Å²) >= 11 is 0. The lowest BCUT2D eigenvalue weighted by Crippen LogP contribution is -2.58. The van der Waals surface area contributed by atoms with Gasteiger partial charge in [-0.3, -0.25) is 19.2 Å². The largest absolute Gasteiger partial charge is 0.467 e. The van der Waals surface area contributed by atoms with Crippen LogP contribution in [0, 0.1) is 11.8 Å². The maximum atomic E-state index is 14.2. The Balaban J connectivity index is 1.84. The van der Waals surface area contributed by atoms with E-state index in [2.05, 4.69) is 10.6 Å². The van der Waals surface area contributed by atoms with Crippen molar-refractivity contribution in [3.05, 3.63) is 71.8 Å². The minimum Gasteiger partial charge on any atom is -0.467 e. The topological polar surface area (TPSA) is 170 Å². The maximum Gasteiger partial charge on any atom is 0.328 e. The summed E-state index contributed by atoms with van der Waals surface area (Å²) in [5.74, 6) is -2.96. The van der Waals surface area contributed by atoms with E-state index >= 15 is 0 Å². The molecular weight excluding hydrogens is 678 g/mol. The van der Waals surface area contributed by atoms with E-state index in [1.54, 1.807) is 32.7 Å². The minimum absolute atomic E-state index is 0.0722. The van der Waals surface area contributed by atoms with Crippen LogP contribution in [-0.2, 0) is 44.6 Å². The quantitative estimate of drug-likeness (QED) is 0.195. The molecule has 2 aromatic carbocycles. The van der Waals surface area contributed by atoms with Crippen LogP contribution >= 0.6 is 0 Å². The molecule has 0 spiro atoms. The predicted molar refractivity (Wildman–Crippen MR) is 201 cm³/mol. The minimum atomic E-state index is -1.19. The number of ether oxygens (including phenoxy) is 3. The predicted octanol–water partition coefficient (Wildman–Crippen LogP) is 3.01. The van der Waals surface area contributed by atoms with Crippen molar-refractivity contribution in [2.45, 2.75) is 102 Å². The zero-order chi connectivity index (χ0) is 39.5. The van der Waals surface area contributed by atoms with Crippen molar-refractivity contribution < 1.29 is 38.2 Å². The van der Waals surface area contributed by atoms with Gasteiger partial charge in [-0.05, 0) is 43.7 Å². The third-order valence-corrected chi connectivity index (χ3v) is 10.0. The van der Waals surface area contributed by atoms with Crippen LogP contribution in [-0.4, -0.2) is 110 Å². The molecule has 0 saturated carbocycles. The van der Waals surface area contributed by atoms with E-state index in [1.165, 1.54) is 26.2 Å². The Morgan fingerprint density at radius 1 is 0.925 bits per heavy atom. The summed E-state index contributed by atoms with van der Waals surface area (Å²) in [5.41, 5.74) is 6.46. The summed E-state index contributed by atoms with van der Waals surface area (Å²) < 4.78 is 16.9. The molecule has 1 heterocycles. The SMILES string of the molecule is COC(=O)[C@H](Cc1ccccc1)NC(=O)[C@H](C)[C@@H](OC)[C@@H]1CCCN1C(=O)C[C@@H](OC)[C@H](c1ccccc1)N(C)C(=O)[C@@H](NC(=O)C(C)(C)N)C(C)C. The average Bonchev–Trinajstić information content (AvgIpc) is 3.62. The molecule has 0 radical (unpaired) electrons. The van der Waals surface area contributed by atoms with Crippen LogP contribution in [0.2, 0.25) is 0 Å². The first kappa shape index (κ1) is 43.1. The molecule has 0 aliphatic carbocycles. The molecule has 1 aliphatic rings. The average molecular weight is 738 g/mol. The third kappa shape index (κ3) is 11.3. The molecular formula is C40H59N5O8. The second-order valence-corrected chi connectivity index (χ2v) is 14.8. The zero-order valence-electron chi connectivity index (χ0n) is 32.7. The lowest BCUT2D eigenvalue weighted by atomic mass is 9.93. The summed E-state index contributed by atoms with van der Waals surface area (Å²) in [6, 6.07) is 15.8. The first-order valence-electron chi connectivity index (χ1n) is 18.2. The highest BCUT2D eigenvalue weighted by atomic mass is 16.5. The number of methoxy groups -OCH3 is 3. The second kappa shape index (κ2) is 19.7. The summed E-state index contributed by atoms with van der Waals surface area (Å²) in [7, 11) is 5.94. The van der Waals surface area contributed by atoms with Gasteiger partial charge in [0.1, 0.15) is 12.1 Å². The Kier molecular flexibility index (Phi) is 16.0. The van der Waals surface area contributed by atoms with Crippen molar-refractivity contribution in [2.24, 2.45) is 17.6 Å². The van der Waals surface area contributed by atoms with Crippen molar-refractivity contribution in [2.75, 3.05) is 34.9 Å². The van der Waals surface area contributed by atoms with E-state index in [0.717, 1.165) is 11.1 Å². The van der Waals surface area contributed by atoms with Gasteiger partial charge in [-0.1, -0.05) is 81.4 Å². The maximum absolute atomic E-state index is 14.2. The number of nitrogens with two attached hydrogens (primary N) is 1. The number of hydrogen-bond acceptors (Lipinski definition) is 9. The van der Waals surface area contributed by atoms with E-state index in [9.17, 15) is 24.0 Å². The van der Waals surface area contributed by atoms with Crippen LogP contribution in [0.15, 0.2) is 60.7 Å². The molecule has 292 valence electrons. The van der Waals surface area contributed by atoms with Crippen molar-refractivity contribution in [3.63, 3.8) is 0 Å². The number of carbonyl (C=O) groups excluding carboxylic acids is 5. The molecule has 3 rings (SSSR count). The number of nitrogens with zero attached hydrogens (tertiary/aromatic N) is 2. The van der Waals surface area contributed by atoms with Crippen molar-refractivity contribution in [1.29, 1.82) is 0 Å². The number of hydrogen-bond donors (Lipinski definition) is 3. The van der Waals surface area contributed by atoms with Crippen LogP contribution in [0.4, 0.5) is 0 Å². The Morgan fingerprint density at radius 2 is 1.53 bits per heavy atom. The van der Waals surface area contributed by atoms with Crippen molar-refractivity contribution in [1.82, 2.24) is 20.4 Å². The number of benzene rings is 2. The smallest absolute Gasteiger partial charge is 0.328 e. The summed E-state index contributed by atoms with van der Waals surface area (Å²) in [6.07, 6.45) is 0.0539. The third-order valence-electron chi connectivity index (χ3n) is 10.0. The summed E-state index contributed by atoms with van der Waals surface area (Å²) in [4.78, 5) is 70.8. The van der Waals surface area contributed by atoms with E-state index < -0.39 is 65.6 Å². The van der Waals surface area contributed by atoms with Gasteiger partial charge in [0.2, 0.25) is 23.6 Å². The zero-order valence-corrected chi connectivity index (χ0v) is 32.7. The molecule has 0 aromatic heterocycles. The number of nitrogens with one attached hydrogen (secondary N) is 2. The lowest BCUT2D eigenvalue weighted by molar-refractivity contribution is -0.148. The van der Waals surface area contributed by atoms with Gasteiger partial charge in [0, 0.05) is 34.2 Å². The van der Waals surface area contributed by atoms with E-state index in [-0.39, 0.29) is 30.6 Å². The van der Waals surface area contributed by atoms with Gasteiger partial charge in [-0.15, -0.1) is 0 Å². The van der Waals surface area contributed by atoms with Crippen LogP contribution in [0.1, 0.15) is 71.0 Å². The van der Waals surface area contributed by atoms with Gasteiger partial charge < -0.3 is 40.4 Å². The lowest BCUT2D eigenvalue weighted by Gasteiger charge is -2.39. The van der Waals surface area contributed by atoms with Crippen LogP contribution in [0.25, 0.3) is 0 Å². The standard InChI is InChI=1S/C40H59N5O8/c1-25(2)33(43-39(50)40(4,5)41)37(48)44(6)34(28-19-14-11-15-20-28)31(51-7)24-32(46)45-22-16-21-30(45)35(52-8)26(3)36(47)42-29(38(49)53-9)23-27-17-12-10-13-18-27/h10-15,17-20,25-26,29-31,33-35H,16,21-24,41H2,1-9H3,(H,42,47)(H,43,50)/t26-,29+,30+,31-,33+,34+,35-/m1/s1. The summed E-state index contributed by atoms with van der Waals surface area (Å²) in [6.45, 7) is 9.01. The summed E-state index contributed by atoms with van der Waals surface area (Å²) in [5, 5.41) is 5.66. The van der Waals surface area contributed by atoms with Crippen LogP contribution in [0.3, 0.4) is 0 Å². The molecule has 13 nitrogen and oxygen atoms in total.